The molecule has 1 fully saturated rings. The molecule has 5 nitrogen and oxygen atoms in total. The molecule has 4 rings (SSSR count). The number of anilines is 2. The number of benzene rings is 3. The summed E-state index contributed by atoms with van der Waals surface area (Å²) < 4.78 is 0. The minimum atomic E-state index is 0.0279. The summed E-state index contributed by atoms with van der Waals surface area (Å²) in [5.41, 5.74) is 4.63. The van der Waals surface area contributed by atoms with E-state index in [0.29, 0.717) is 18.0 Å². The maximum Gasteiger partial charge on any atom is 0.224 e. The van der Waals surface area contributed by atoms with Gasteiger partial charge in [0, 0.05) is 63.2 Å². The fourth-order valence-corrected chi connectivity index (χ4v) is 4.57. The number of nitrogens with zero attached hydrogens (tertiary/aromatic N) is 3. The molecular formula is C28H33ClN4O. The number of carbonyl (C=O) groups excluding carboxylic acids is 1. The minimum absolute atomic E-state index is 0.0279. The molecule has 1 N–H and O–H groups in total. The van der Waals surface area contributed by atoms with Gasteiger partial charge < -0.3 is 15.1 Å². The molecule has 6 heteroatoms. The highest BCUT2D eigenvalue weighted by Crippen LogP contribution is 2.26. The molecule has 0 bridgehead atoms. The van der Waals surface area contributed by atoms with Crippen molar-refractivity contribution in [2.24, 2.45) is 0 Å². The van der Waals surface area contributed by atoms with Crippen molar-refractivity contribution >= 4 is 28.9 Å². The summed E-state index contributed by atoms with van der Waals surface area (Å²) in [7, 11) is 4.10. The number of para-hydroxylation sites is 1. The van der Waals surface area contributed by atoms with Crippen molar-refractivity contribution in [2.45, 2.75) is 12.5 Å². The highest BCUT2D eigenvalue weighted by Gasteiger charge is 2.26. The summed E-state index contributed by atoms with van der Waals surface area (Å²) in [5, 5.41) is 3.86. The molecule has 178 valence electrons. The maximum absolute atomic E-state index is 12.7. The second-order valence-electron chi connectivity index (χ2n) is 8.97. The normalized spacial score (nSPS) is 15.1. The maximum atomic E-state index is 12.7. The van der Waals surface area contributed by atoms with E-state index in [-0.39, 0.29) is 11.9 Å². The lowest BCUT2D eigenvalue weighted by molar-refractivity contribution is -0.120. The first-order valence-electron chi connectivity index (χ1n) is 11.8. The van der Waals surface area contributed by atoms with Crippen LogP contribution in [0.15, 0.2) is 78.9 Å². The third-order valence-corrected chi connectivity index (χ3v) is 6.69. The number of hydrogen-bond acceptors (Lipinski definition) is 4. The fraction of sp³-hybridized carbons (Fsp3) is 0.321. The first-order chi connectivity index (χ1) is 16.5. The van der Waals surface area contributed by atoms with Crippen LogP contribution in [0, 0.1) is 0 Å². The van der Waals surface area contributed by atoms with Gasteiger partial charge >= 0.3 is 0 Å². The number of rotatable bonds is 8. The summed E-state index contributed by atoms with van der Waals surface area (Å²) >= 11 is 5.97. The lowest BCUT2D eigenvalue weighted by Crippen LogP contribution is -2.50. The second-order valence-corrected chi connectivity index (χ2v) is 9.40. The smallest absolute Gasteiger partial charge is 0.224 e. The van der Waals surface area contributed by atoms with Crippen LogP contribution in [0.5, 0.6) is 0 Å². The lowest BCUT2D eigenvalue weighted by Gasteiger charge is -2.40. The van der Waals surface area contributed by atoms with Crippen LogP contribution < -0.4 is 15.1 Å². The fourth-order valence-electron chi connectivity index (χ4n) is 4.44. The molecule has 1 atom stereocenters. The molecule has 0 saturated carbocycles. The van der Waals surface area contributed by atoms with E-state index in [1.165, 1.54) is 16.9 Å². The van der Waals surface area contributed by atoms with Crippen LogP contribution in [0.1, 0.15) is 17.2 Å². The van der Waals surface area contributed by atoms with Gasteiger partial charge in [0.2, 0.25) is 5.91 Å². The van der Waals surface area contributed by atoms with Crippen molar-refractivity contribution in [2.75, 3.05) is 56.6 Å². The zero-order chi connectivity index (χ0) is 23.9. The number of hydrogen-bond donors (Lipinski definition) is 1. The van der Waals surface area contributed by atoms with Crippen LogP contribution in [0.2, 0.25) is 5.02 Å². The molecule has 0 aliphatic carbocycles. The third kappa shape index (κ3) is 6.31. The Kier molecular flexibility index (Phi) is 8.09. The summed E-state index contributed by atoms with van der Waals surface area (Å²) in [6.07, 6.45) is 0.352. The van der Waals surface area contributed by atoms with E-state index in [2.05, 4.69) is 74.6 Å². The van der Waals surface area contributed by atoms with Gasteiger partial charge in [0.15, 0.2) is 0 Å². The average Bonchev–Trinajstić information content (AvgIpc) is 2.87. The highest BCUT2D eigenvalue weighted by molar-refractivity contribution is 6.30. The Morgan fingerprint density at radius 3 is 2.18 bits per heavy atom. The number of halogens is 1. The molecule has 3 aromatic rings. The molecule has 0 spiro atoms. The zero-order valence-corrected chi connectivity index (χ0v) is 20.7. The quantitative estimate of drug-likeness (QED) is 0.514. The van der Waals surface area contributed by atoms with Crippen LogP contribution in [0.25, 0.3) is 0 Å². The first kappa shape index (κ1) is 24.1. The van der Waals surface area contributed by atoms with Crippen LogP contribution in [-0.4, -0.2) is 57.6 Å². The largest absolute Gasteiger partial charge is 0.378 e. The van der Waals surface area contributed by atoms with Crippen molar-refractivity contribution in [3.05, 3.63) is 95.0 Å². The predicted molar refractivity (Wildman–Crippen MR) is 142 cm³/mol. The van der Waals surface area contributed by atoms with Crippen molar-refractivity contribution in [1.29, 1.82) is 0 Å². The molecule has 0 aromatic heterocycles. The van der Waals surface area contributed by atoms with E-state index >= 15 is 0 Å². The van der Waals surface area contributed by atoms with Crippen molar-refractivity contribution in [3.8, 4) is 0 Å². The Morgan fingerprint density at radius 1 is 0.912 bits per heavy atom. The molecule has 1 unspecified atom stereocenters. The number of nitrogens with one attached hydrogen (secondary N) is 1. The van der Waals surface area contributed by atoms with E-state index in [9.17, 15) is 4.79 Å². The molecule has 1 aliphatic rings. The Bertz CT molecular complexity index is 1050. The predicted octanol–water partition coefficient (Wildman–Crippen LogP) is 4.63. The van der Waals surface area contributed by atoms with Crippen LogP contribution in [-0.2, 0) is 11.2 Å². The Hall–Kier alpha value is -3.02. The molecule has 1 amide bonds. The second kappa shape index (κ2) is 11.4. The van der Waals surface area contributed by atoms with Gasteiger partial charge in [0.1, 0.15) is 0 Å². The Morgan fingerprint density at radius 2 is 1.56 bits per heavy atom. The standard InChI is InChI=1S/C28H33ClN4O/c1-31(2)25-14-10-23(11-15-25)27(21-30-28(34)20-22-8-12-24(29)13-9-22)33-18-16-32(17-19-33)26-6-4-3-5-7-26/h3-15,27H,16-21H2,1-2H3,(H,30,34). The molecule has 34 heavy (non-hydrogen) atoms. The summed E-state index contributed by atoms with van der Waals surface area (Å²) in [4.78, 5) is 19.7. The topological polar surface area (TPSA) is 38.8 Å². The van der Waals surface area contributed by atoms with E-state index in [1.54, 1.807) is 0 Å². The Labute approximate surface area is 207 Å². The van der Waals surface area contributed by atoms with Gasteiger partial charge in [-0.2, -0.15) is 0 Å². The van der Waals surface area contributed by atoms with Crippen LogP contribution in [0.3, 0.4) is 0 Å². The SMILES string of the molecule is CN(C)c1ccc(C(CNC(=O)Cc2ccc(Cl)cc2)N2CCN(c3ccccc3)CC2)cc1. The molecule has 1 saturated heterocycles. The number of carbonyl (C=O) groups is 1. The van der Waals surface area contributed by atoms with Gasteiger partial charge in [-0.1, -0.05) is 54.1 Å². The van der Waals surface area contributed by atoms with Crippen LogP contribution >= 0.6 is 11.6 Å². The third-order valence-electron chi connectivity index (χ3n) is 6.44. The van der Waals surface area contributed by atoms with E-state index < -0.39 is 0 Å². The van der Waals surface area contributed by atoms with Gasteiger partial charge in [0.25, 0.3) is 0 Å². The summed E-state index contributed by atoms with van der Waals surface area (Å²) in [6.45, 7) is 4.41. The zero-order valence-electron chi connectivity index (χ0n) is 20.0. The summed E-state index contributed by atoms with van der Waals surface area (Å²) in [5.74, 6) is 0.0279. The Balaban J connectivity index is 1.43. The van der Waals surface area contributed by atoms with Crippen molar-refractivity contribution in [1.82, 2.24) is 10.2 Å². The van der Waals surface area contributed by atoms with Crippen LogP contribution in [0.4, 0.5) is 11.4 Å². The summed E-state index contributed by atoms with van der Waals surface area (Å²) in [6, 6.07) is 26.8. The molecule has 1 aliphatic heterocycles. The number of amides is 1. The monoisotopic (exact) mass is 476 g/mol. The van der Waals surface area contributed by atoms with E-state index in [1.807, 2.05) is 38.4 Å². The van der Waals surface area contributed by atoms with Gasteiger partial charge in [-0.25, -0.2) is 0 Å². The lowest BCUT2D eigenvalue weighted by atomic mass is 10.0. The molecule has 3 aromatic carbocycles. The van der Waals surface area contributed by atoms with Crippen molar-refractivity contribution < 1.29 is 4.79 Å². The van der Waals surface area contributed by atoms with Gasteiger partial charge in [-0.05, 0) is 47.5 Å². The van der Waals surface area contributed by atoms with Gasteiger partial charge in [0.05, 0.1) is 12.5 Å². The number of piperazine rings is 1. The van der Waals surface area contributed by atoms with Gasteiger partial charge in [-0.15, -0.1) is 0 Å². The van der Waals surface area contributed by atoms with Gasteiger partial charge in [-0.3, -0.25) is 9.69 Å². The molecular weight excluding hydrogens is 444 g/mol. The van der Waals surface area contributed by atoms with E-state index in [4.69, 9.17) is 11.6 Å². The van der Waals surface area contributed by atoms with E-state index in [0.717, 1.165) is 31.7 Å². The minimum Gasteiger partial charge on any atom is -0.378 e. The van der Waals surface area contributed by atoms with Crippen molar-refractivity contribution in [3.63, 3.8) is 0 Å². The molecule has 1 heterocycles. The average molecular weight is 477 g/mol. The molecule has 0 radical (unpaired) electrons. The first-order valence-corrected chi connectivity index (χ1v) is 12.2. The highest BCUT2D eigenvalue weighted by atomic mass is 35.5.